The van der Waals surface area contributed by atoms with Crippen molar-refractivity contribution in [3.05, 3.63) is 28.5 Å². The second-order valence-electron chi connectivity index (χ2n) is 4.80. The molecule has 1 amide bonds. The Balaban J connectivity index is 2.62. The zero-order valence-electron chi connectivity index (χ0n) is 10.9. The molecule has 6 nitrogen and oxygen atoms in total. The van der Waals surface area contributed by atoms with E-state index in [1.54, 1.807) is 20.8 Å². The molecule has 0 spiro atoms. The smallest absolute Gasteiger partial charge is 0.407 e. The molecular formula is C12H15ClN2O4. The van der Waals surface area contributed by atoms with Gasteiger partial charge >= 0.3 is 12.1 Å². The van der Waals surface area contributed by atoms with Gasteiger partial charge in [-0.05, 0) is 32.9 Å². The van der Waals surface area contributed by atoms with Crippen LogP contribution in [0.4, 0.5) is 4.79 Å². The molecule has 1 aromatic rings. The maximum Gasteiger partial charge on any atom is 0.407 e. The van der Waals surface area contributed by atoms with Gasteiger partial charge in [0.25, 0.3) is 0 Å². The lowest BCUT2D eigenvalue weighted by atomic mass is 10.2. The van der Waals surface area contributed by atoms with Gasteiger partial charge in [0.15, 0.2) is 0 Å². The van der Waals surface area contributed by atoms with Gasteiger partial charge in [0.2, 0.25) is 0 Å². The van der Waals surface area contributed by atoms with Gasteiger partial charge in [0.1, 0.15) is 10.8 Å². The van der Waals surface area contributed by atoms with Gasteiger partial charge in [-0.15, -0.1) is 0 Å². The highest BCUT2D eigenvalue weighted by atomic mass is 35.5. The molecular weight excluding hydrogens is 272 g/mol. The number of nitrogens with one attached hydrogen (secondary N) is 1. The van der Waals surface area contributed by atoms with Crippen LogP contribution < -0.4 is 5.32 Å². The van der Waals surface area contributed by atoms with Crippen LogP contribution in [0, 0.1) is 0 Å². The average Bonchev–Trinajstić information content (AvgIpc) is 2.23. The summed E-state index contributed by atoms with van der Waals surface area (Å²) in [5.74, 6) is -1.15. The summed E-state index contributed by atoms with van der Waals surface area (Å²) < 4.78 is 5.05. The number of rotatable bonds is 3. The van der Waals surface area contributed by atoms with Crippen molar-refractivity contribution >= 4 is 23.7 Å². The van der Waals surface area contributed by atoms with E-state index in [4.69, 9.17) is 21.4 Å². The number of hydrogen-bond donors (Lipinski definition) is 2. The fraction of sp³-hybridized carbons (Fsp3) is 0.417. The van der Waals surface area contributed by atoms with E-state index >= 15 is 0 Å². The molecule has 19 heavy (non-hydrogen) atoms. The topological polar surface area (TPSA) is 88.5 Å². The number of carbonyl (C=O) groups excluding carboxylic acids is 1. The quantitative estimate of drug-likeness (QED) is 0.833. The zero-order valence-corrected chi connectivity index (χ0v) is 11.6. The molecule has 0 aliphatic rings. The number of carbonyl (C=O) groups is 2. The van der Waals surface area contributed by atoms with Crippen molar-refractivity contribution < 1.29 is 19.4 Å². The van der Waals surface area contributed by atoms with E-state index in [-0.39, 0.29) is 17.3 Å². The molecule has 1 heterocycles. The first-order valence-electron chi connectivity index (χ1n) is 5.54. The second-order valence-corrected chi connectivity index (χ2v) is 5.16. The van der Waals surface area contributed by atoms with Crippen molar-refractivity contribution in [1.82, 2.24) is 10.3 Å². The number of nitrogens with zero attached hydrogens (tertiary/aromatic N) is 1. The van der Waals surface area contributed by atoms with Crippen molar-refractivity contribution in [2.75, 3.05) is 0 Å². The lowest BCUT2D eigenvalue weighted by molar-refractivity contribution is 0.0522. The van der Waals surface area contributed by atoms with Gasteiger partial charge in [-0.25, -0.2) is 14.6 Å². The van der Waals surface area contributed by atoms with E-state index in [9.17, 15) is 9.59 Å². The highest BCUT2D eigenvalue weighted by Crippen LogP contribution is 2.14. The minimum atomic E-state index is -1.15. The van der Waals surface area contributed by atoms with Crippen LogP contribution in [0.25, 0.3) is 0 Å². The summed E-state index contributed by atoms with van der Waals surface area (Å²) in [6, 6.07) is 2.82. The van der Waals surface area contributed by atoms with Crippen molar-refractivity contribution in [3.63, 3.8) is 0 Å². The molecule has 0 saturated carbocycles. The molecule has 2 N–H and O–H groups in total. The standard InChI is InChI=1S/C12H15ClN2O4/c1-12(2,3)19-11(18)14-6-7-4-5-8(10(16)17)9(13)15-7/h4-5H,6H2,1-3H3,(H,14,18)(H,16,17). The Bertz CT molecular complexity index is 497. The van der Waals surface area contributed by atoms with Gasteiger partial charge < -0.3 is 15.2 Å². The number of carboxylic acid groups (broad SMARTS) is 1. The highest BCUT2D eigenvalue weighted by molar-refractivity contribution is 6.32. The predicted molar refractivity (Wildman–Crippen MR) is 69.3 cm³/mol. The third kappa shape index (κ3) is 5.13. The van der Waals surface area contributed by atoms with Crippen LogP contribution >= 0.6 is 11.6 Å². The van der Waals surface area contributed by atoms with E-state index in [1.807, 2.05) is 0 Å². The Morgan fingerprint density at radius 1 is 1.42 bits per heavy atom. The van der Waals surface area contributed by atoms with Gasteiger partial charge in [-0.3, -0.25) is 0 Å². The van der Waals surface area contributed by atoms with Crippen LogP contribution in [-0.2, 0) is 11.3 Å². The maximum absolute atomic E-state index is 11.4. The molecule has 1 rings (SSSR count). The summed E-state index contributed by atoms with van der Waals surface area (Å²) in [4.78, 5) is 26.0. The van der Waals surface area contributed by atoms with Crippen LogP contribution in [0.15, 0.2) is 12.1 Å². The molecule has 0 bridgehead atoms. The first kappa shape index (κ1) is 15.2. The Kier molecular flexibility index (Phi) is 4.72. The first-order valence-corrected chi connectivity index (χ1v) is 5.92. The van der Waals surface area contributed by atoms with Crippen LogP contribution in [0.1, 0.15) is 36.8 Å². The fourth-order valence-electron chi connectivity index (χ4n) is 1.21. The molecule has 0 aromatic carbocycles. The second kappa shape index (κ2) is 5.88. The van der Waals surface area contributed by atoms with Crippen molar-refractivity contribution in [2.45, 2.75) is 32.9 Å². The summed E-state index contributed by atoms with van der Waals surface area (Å²) >= 11 is 5.71. The van der Waals surface area contributed by atoms with Gasteiger partial charge in [0.05, 0.1) is 17.8 Å². The highest BCUT2D eigenvalue weighted by Gasteiger charge is 2.16. The number of amides is 1. The molecule has 7 heteroatoms. The monoisotopic (exact) mass is 286 g/mol. The molecule has 0 aliphatic heterocycles. The molecule has 0 aliphatic carbocycles. The largest absolute Gasteiger partial charge is 0.478 e. The van der Waals surface area contributed by atoms with E-state index in [0.29, 0.717) is 5.69 Å². The Hall–Kier alpha value is -1.82. The van der Waals surface area contributed by atoms with E-state index < -0.39 is 17.7 Å². The Morgan fingerprint density at radius 3 is 2.53 bits per heavy atom. The van der Waals surface area contributed by atoms with Gasteiger partial charge in [-0.2, -0.15) is 0 Å². The third-order valence-electron chi connectivity index (χ3n) is 1.95. The number of halogens is 1. The van der Waals surface area contributed by atoms with Gasteiger partial charge in [0, 0.05) is 0 Å². The lowest BCUT2D eigenvalue weighted by Gasteiger charge is -2.19. The van der Waals surface area contributed by atoms with Crippen LogP contribution in [-0.4, -0.2) is 27.8 Å². The lowest BCUT2D eigenvalue weighted by Crippen LogP contribution is -2.32. The number of ether oxygens (including phenoxy) is 1. The van der Waals surface area contributed by atoms with Crippen molar-refractivity contribution in [2.24, 2.45) is 0 Å². The van der Waals surface area contributed by atoms with E-state index in [0.717, 1.165) is 0 Å². The van der Waals surface area contributed by atoms with Gasteiger partial charge in [-0.1, -0.05) is 11.6 Å². The number of carboxylic acids is 1. The molecule has 0 atom stereocenters. The first-order chi connectivity index (χ1) is 8.69. The molecule has 0 unspecified atom stereocenters. The fourth-order valence-corrected chi connectivity index (χ4v) is 1.46. The number of hydrogen-bond acceptors (Lipinski definition) is 4. The molecule has 0 saturated heterocycles. The minimum absolute atomic E-state index is 0.0808. The molecule has 0 radical (unpaired) electrons. The summed E-state index contributed by atoms with van der Waals surface area (Å²) in [7, 11) is 0. The Morgan fingerprint density at radius 2 is 2.05 bits per heavy atom. The summed E-state index contributed by atoms with van der Waals surface area (Å²) in [6.07, 6.45) is -0.576. The average molecular weight is 287 g/mol. The summed E-state index contributed by atoms with van der Waals surface area (Å²) in [5.41, 5.74) is -0.217. The van der Waals surface area contributed by atoms with Crippen LogP contribution in [0.3, 0.4) is 0 Å². The van der Waals surface area contributed by atoms with Crippen molar-refractivity contribution in [3.8, 4) is 0 Å². The normalized spacial score (nSPS) is 10.9. The van der Waals surface area contributed by atoms with E-state index in [2.05, 4.69) is 10.3 Å². The zero-order chi connectivity index (χ0) is 14.6. The van der Waals surface area contributed by atoms with E-state index in [1.165, 1.54) is 12.1 Å². The SMILES string of the molecule is CC(C)(C)OC(=O)NCc1ccc(C(=O)O)c(Cl)n1. The predicted octanol–water partition coefficient (Wildman–Crippen LogP) is 2.46. The number of pyridine rings is 1. The Labute approximate surface area is 115 Å². The maximum atomic E-state index is 11.4. The molecule has 104 valence electrons. The summed E-state index contributed by atoms with van der Waals surface area (Å²) in [6.45, 7) is 5.37. The number of aromatic nitrogens is 1. The number of alkyl carbamates (subject to hydrolysis) is 1. The van der Waals surface area contributed by atoms with Crippen LogP contribution in [0.2, 0.25) is 5.15 Å². The van der Waals surface area contributed by atoms with Crippen molar-refractivity contribution in [1.29, 1.82) is 0 Å². The third-order valence-corrected chi connectivity index (χ3v) is 2.24. The minimum Gasteiger partial charge on any atom is -0.478 e. The number of aromatic carboxylic acids is 1. The molecule has 0 fully saturated rings. The molecule has 1 aromatic heterocycles. The summed E-state index contributed by atoms with van der Waals surface area (Å²) in [5, 5.41) is 11.2. The van der Waals surface area contributed by atoms with Crippen LogP contribution in [0.5, 0.6) is 0 Å².